The van der Waals surface area contributed by atoms with E-state index in [0.29, 0.717) is 39.4 Å². The Hall–Kier alpha value is -2.03. The molecule has 7 nitrogen and oxygen atoms in total. The molecule has 0 saturated carbocycles. The molecule has 192 valence electrons. The maximum absolute atomic E-state index is 13.2. The number of hydrogen-bond acceptors (Lipinski definition) is 6. The second kappa shape index (κ2) is 13.3. The number of anilines is 1. The van der Waals surface area contributed by atoms with Crippen molar-refractivity contribution >= 4 is 34.8 Å². The largest absolute Gasteiger partial charge is 0.493 e. The number of hydrogen-bond donors (Lipinski definition) is 3. The number of benzene rings is 2. The lowest BCUT2D eigenvalue weighted by molar-refractivity contribution is -0.118. The first kappa shape index (κ1) is 27.6. The molecular formula is C26H34Cl2N2O5. The van der Waals surface area contributed by atoms with Gasteiger partial charge in [-0.3, -0.25) is 9.69 Å². The van der Waals surface area contributed by atoms with Crippen molar-refractivity contribution in [3.63, 3.8) is 0 Å². The summed E-state index contributed by atoms with van der Waals surface area (Å²) < 4.78 is 11.4. The van der Waals surface area contributed by atoms with Crippen molar-refractivity contribution in [1.82, 2.24) is 4.90 Å². The van der Waals surface area contributed by atoms with E-state index in [-0.39, 0.29) is 12.3 Å². The highest BCUT2D eigenvalue weighted by molar-refractivity contribution is 6.42. The number of likely N-dealkylation sites (tertiary alicyclic amines) is 1. The topological polar surface area (TPSA) is 91.3 Å². The van der Waals surface area contributed by atoms with Gasteiger partial charge < -0.3 is 25.0 Å². The van der Waals surface area contributed by atoms with E-state index >= 15 is 0 Å². The molecule has 9 heteroatoms. The summed E-state index contributed by atoms with van der Waals surface area (Å²) in [5, 5.41) is 22.9. The van der Waals surface area contributed by atoms with Gasteiger partial charge in [-0.05, 0) is 68.1 Å². The minimum absolute atomic E-state index is 0.0221. The highest BCUT2D eigenvalue weighted by Crippen LogP contribution is 2.33. The van der Waals surface area contributed by atoms with Gasteiger partial charge in [-0.2, -0.15) is 0 Å². The van der Waals surface area contributed by atoms with E-state index < -0.39 is 18.6 Å². The molecule has 1 heterocycles. The zero-order valence-corrected chi connectivity index (χ0v) is 21.7. The molecule has 1 fully saturated rings. The summed E-state index contributed by atoms with van der Waals surface area (Å²) in [5.41, 5.74) is 1.12. The molecule has 2 atom stereocenters. The molecule has 1 aliphatic rings. The summed E-state index contributed by atoms with van der Waals surface area (Å²) in [6, 6.07) is 10.1. The van der Waals surface area contributed by atoms with Gasteiger partial charge in [-0.15, -0.1) is 0 Å². The summed E-state index contributed by atoms with van der Waals surface area (Å²) in [5.74, 6) is 0.789. The van der Waals surface area contributed by atoms with Gasteiger partial charge in [0.25, 0.3) is 0 Å². The Labute approximate surface area is 216 Å². The molecule has 1 aliphatic heterocycles. The molecule has 2 aromatic carbocycles. The summed E-state index contributed by atoms with van der Waals surface area (Å²) in [7, 11) is 1.57. The van der Waals surface area contributed by atoms with Crippen LogP contribution in [0, 0.1) is 5.92 Å². The number of carbonyl (C=O) groups excluding carboxylic acids is 1. The van der Waals surface area contributed by atoms with E-state index in [1.165, 1.54) is 12.8 Å². The van der Waals surface area contributed by atoms with Gasteiger partial charge in [-0.1, -0.05) is 36.2 Å². The van der Waals surface area contributed by atoms with Crippen LogP contribution in [0.5, 0.6) is 11.5 Å². The van der Waals surface area contributed by atoms with Gasteiger partial charge in [0.1, 0.15) is 6.61 Å². The molecule has 0 aliphatic carbocycles. The standard InChI is InChI=1S/C26H34Cl2N2O5/c1-17-7-9-30(10-8-17)11-12-35-25-14-19(4-6-24(25)34-2)29-26(33)21(15-20(32)16-31)18-3-5-22(27)23(28)13-18/h3-6,13-14,17,20-21,31-32H,7-12,15-16H2,1-2H3,(H,29,33). The maximum atomic E-state index is 13.2. The van der Waals surface area contributed by atoms with Crippen LogP contribution in [0.3, 0.4) is 0 Å². The van der Waals surface area contributed by atoms with Crippen molar-refractivity contribution in [2.75, 3.05) is 45.3 Å². The Morgan fingerprint density at radius 1 is 1.14 bits per heavy atom. The number of methoxy groups -OCH3 is 1. The van der Waals surface area contributed by atoms with Crippen LogP contribution in [-0.4, -0.2) is 67.1 Å². The Bertz CT molecular complexity index is 982. The van der Waals surface area contributed by atoms with Gasteiger partial charge in [-0.25, -0.2) is 0 Å². The Morgan fingerprint density at radius 2 is 1.89 bits per heavy atom. The maximum Gasteiger partial charge on any atom is 0.232 e. The zero-order chi connectivity index (χ0) is 25.4. The van der Waals surface area contributed by atoms with Crippen molar-refractivity contribution in [2.24, 2.45) is 5.92 Å². The third-order valence-electron chi connectivity index (χ3n) is 6.35. The molecule has 1 saturated heterocycles. The number of aliphatic hydroxyl groups is 2. The molecule has 3 rings (SSSR count). The van der Waals surface area contributed by atoms with Gasteiger partial charge >= 0.3 is 0 Å². The fourth-order valence-electron chi connectivity index (χ4n) is 4.14. The van der Waals surface area contributed by atoms with Gasteiger partial charge in [0.2, 0.25) is 5.91 Å². The fourth-order valence-corrected chi connectivity index (χ4v) is 4.44. The number of rotatable bonds is 11. The second-order valence-corrected chi connectivity index (χ2v) is 9.84. The van der Waals surface area contributed by atoms with E-state index in [0.717, 1.165) is 25.6 Å². The van der Waals surface area contributed by atoms with Crippen molar-refractivity contribution in [3.8, 4) is 11.5 Å². The lowest BCUT2D eigenvalue weighted by Crippen LogP contribution is -2.35. The first-order valence-electron chi connectivity index (χ1n) is 11.9. The predicted molar refractivity (Wildman–Crippen MR) is 139 cm³/mol. The molecule has 0 spiro atoms. The van der Waals surface area contributed by atoms with E-state index in [2.05, 4.69) is 17.1 Å². The Balaban J connectivity index is 1.70. The average Bonchev–Trinajstić information content (AvgIpc) is 2.85. The minimum Gasteiger partial charge on any atom is -0.493 e. The smallest absolute Gasteiger partial charge is 0.232 e. The normalized spacial score (nSPS) is 16.5. The van der Waals surface area contributed by atoms with E-state index in [4.69, 9.17) is 32.7 Å². The van der Waals surface area contributed by atoms with Gasteiger partial charge in [0.15, 0.2) is 11.5 Å². The SMILES string of the molecule is COc1ccc(NC(=O)C(CC(O)CO)c2ccc(Cl)c(Cl)c2)cc1OCCN1CCC(C)CC1. The van der Waals surface area contributed by atoms with Crippen molar-refractivity contribution in [1.29, 1.82) is 0 Å². The molecule has 35 heavy (non-hydrogen) atoms. The summed E-state index contributed by atoms with van der Waals surface area (Å²) in [6.45, 7) is 5.32. The number of amides is 1. The van der Waals surface area contributed by atoms with Crippen LogP contribution in [0.2, 0.25) is 10.0 Å². The Kier molecular flexibility index (Phi) is 10.5. The second-order valence-electron chi connectivity index (χ2n) is 9.03. The van der Waals surface area contributed by atoms with E-state index in [1.54, 1.807) is 43.5 Å². The molecule has 3 N–H and O–H groups in total. The molecular weight excluding hydrogens is 491 g/mol. The Morgan fingerprint density at radius 3 is 2.54 bits per heavy atom. The number of nitrogens with zero attached hydrogens (tertiary/aromatic N) is 1. The molecule has 2 unspecified atom stereocenters. The number of aliphatic hydroxyl groups excluding tert-OH is 2. The quantitative estimate of drug-likeness (QED) is 0.398. The van der Waals surface area contributed by atoms with Gasteiger partial charge in [0.05, 0.1) is 35.8 Å². The molecule has 0 bridgehead atoms. The number of halogens is 2. The first-order chi connectivity index (χ1) is 16.8. The number of carbonyl (C=O) groups is 1. The zero-order valence-electron chi connectivity index (χ0n) is 20.2. The minimum atomic E-state index is -1.06. The lowest BCUT2D eigenvalue weighted by atomic mass is 9.92. The summed E-state index contributed by atoms with van der Waals surface area (Å²) in [4.78, 5) is 15.6. The van der Waals surface area contributed by atoms with Crippen LogP contribution >= 0.6 is 23.2 Å². The van der Waals surface area contributed by atoms with Crippen molar-refractivity contribution in [3.05, 3.63) is 52.0 Å². The molecule has 0 aromatic heterocycles. The fraction of sp³-hybridized carbons (Fsp3) is 0.500. The third kappa shape index (κ3) is 7.98. The summed E-state index contributed by atoms with van der Waals surface area (Å²) >= 11 is 12.2. The van der Waals surface area contributed by atoms with Crippen LogP contribution in [0.4, 0.5) is 5.69 Å². The first-order valence-corrected chi connectivity index (χ1v) is 12.6. The molecule has 1 amide bonds. The van der Waals surface area contributed by atoms with Crippen molar-refractivity contribution in [2.45, 2.75) is 38.2 Å². The number of piperidine rings is 1. The van der Waals surface area contributed by atoms with E-state index in [9.17, 15) is 15.0 Å². The third-order valence-corrected chi connectivity index (χ3v) is 7.09. The molecule has 0 radical (unpaired) electrons. The molecule has 2 aromatic rings. The van der Waals surface area contributed by atoms with E-state index in [1.807, 2.05) is 0 Å². The van der Waals surface area contributed by atoms with Crippen LogP contribution < -0.4 is 14.8 Å². The van der Waals surface area contributed by atoms with Crippen LogP contribution in [0.1, 0.15) is 37.7 Å². The lowest BCUT2D eigenvalue weighted by Gasteiger charge is -2.30. The monoisotopic (exact) mass is 524 g/mol. The number of nitrogens with one attached hydrogen (secondary N) is 1. The van der Waals surface area contributed by atoms with Gasteiger partial charge in [0, 0.05) is 18.3 Å². The highest BCUT2D eigenvalue weighted by Gasteiger charge is 2.25. The van der Waals surface area contributed by atoms with Crippen LogP contribution in [0.15, 0.2) is 36.4 Å². The predicted octanol–water partition coefficient (Wildman–Crippen LogP) is 4.58. The van der Waals surface area contributed by atoms with Crippen LogP contribution in [-0.2, 0) is 4.79 Å². The summed E-state index contributed by atoms with van der Waals surface area (Å²) in [6.07, 6.45) is 1.37. The van der Waals surface area contributed by atoms with Crippen molar-refractivity contribution < 1.29 is 24.5 Å². The average molecular weight is 525 g/mol. The highest BCUT2D eigenvalue weighted by atomic mass is 35.5. The van der Waals surface area contributed by atoms with Crippen LogP contribution in [0.25, 0.3) is 0 Å². The number of ether oxygens (including phenoxy) is 2.